The van der Waals surface area contributed by atoms with Gasteiger partial charge in [0.15, 0.2) is 0 Å². The first kappa shape index (κ1) is 9.73. The van der Waals surface area contributed by atoms with Crippen LogP contribution >= 0.6 is 11.6 Å². The van der Waals surface area contributed by atoms with E-state index in [4.69, 9.17) is 21.1 Å². The van der Waals surface area contributed by atoms with Crippen molar-refractivity contribution < 1.29 is 14.3 Å². The van der Waals surface area contributed by atoms with E-state index in [0.29, 0.717) is 17.9 Å². The number of hydrogen-bond donors (Lipinski definition) is 1. The maximum absolute atomic E-state index is 10.9. The second-order valence-corrected chi connectivity index (χ2v) is 4.47. The van der Waals surface area contributed by atoms with E-state index >= 15 is 0 Å². The molecule has 1 aliphatic carbocycles. The van der Waals surface area contributed by atoms with Crippen LogP contribution in [0.2, 0.25) is 5.02 Å². The van der Waals surface area contributed by atoms with Gasteiger partial charge in [0.1, 0.15) is 11.3 Å². The molecular weight excluding hydrogens is 228 g/mol. The van der Waals surface area contributed by atoms with E-state index in [9.17, 15) is 4.79 Å². The third-order valence-corrected chi connectivity index (χ3v) is 3.39. The van der Waals surface area contributed by atoms with Crippen LogP contribution in [-0.2, 0) is 17.6 Å². The van der Waals surface area contributed by atoms with Gasteiger partial charge in [0, 0.05) is 17.4 Å². The molecule has 0 spiro atoms. The van der Waals surface area contributed by atoms with Gasteiger partial charge in [-0.3, -0.25) is 4.79 Å². The molecule has 3 rings (SSSR count). The topological polar surface area (TPSA) is 50.4 Å². The third-order valence-electron chi connectivity index (χ3n) is 3.08. The molecule has 1 aliphatic rings. The fourth-order valence-corrected chi connectivity index (χ4v) is 2.59. The molecule has 1 unspecified atom stereocenters. The third kappa shape index (κ3) is 1.25. The van der Waals surface area contributed by atoms with E-state index in [1.165, 1.54) is 0 Å². The number of furan rings is 1. The molecule has 1 N–H and O–H groups in total. The number of carboxylic acid groups (broad SMARTS) is 1. The highest BCUT2D eigenvalue weighted by atomic mass is 35.5. The fourth-order valence-electron chi connectivity index (χ4n) is 2.31. The predicted octanol–water partition coefficient (Wildman–Crippen LogP) is 2.89. The molecule has 1 aromatic carbocycles. The Kier molecular flexibility index (Phi) is 1.98. The quantitative estimate of drug-likeness (QED) is 0.828. The lowest BCUT2D eigenvalue weighted by Gasteiger charge is -2.01. The van der Waals surface area contributed by atoms with Gasteiger partial charge in [0.25, 0.3) is 0 Å². The molecule has 0 radical (unpaired) electrons. The number of fused-ring (bicyclic) bond motifs is 3. The zero-order valence-electron chi connectivity index (χ0n) is 8.37. The Hall–Kier alpha value is -1.48. The Balaban J connectivity index is 2.17. The van der Waals surface area contributed by atoms with E-state index in [-0.39, 0.29) is 5.92 Å². The molecule has 4 heteroatoms. The maximum Gasteiger partial charge on any atom is 0.307 e. The second-order valence-electron chi connectivity index (χ2n) is 4.06. The van der Waals surface area contributed by atoms with Gasteiger partial charge < -0.3 is 9.52 Å². The SMILES string of the molecule is O=C(O)C1Cc2oc3cccc(Cl)c3c2C1. The number of rotatable bonds is 1. The average Bonchev–Trinajstić information content (AvgIpc) is 2.73. The van der Waals surface area contributed by atoms with E-state index < -0.39 is 5.97 Å². The van der Waals surface area contributed by atoms with Crippen LogP contribution in [0.5, 0.6) is 0 Å². The summed E-state index contributed by atoms with van der Waals surface area (Å²) in [5.41, 5.74) is 1.72. The van der Waals surface area contributed by atoms with E-state index in [1.807, 2.05) is 12.1 Å². The van der Waals surface area contributed by atoms with Gasteiger partial charge in [-0.05, 0) is 18.6 Å². The van der Waals surface area contributed by atoms with Crippen LogP contribution in [0, 0.1) is 5.92 Å². The number of carboxylic acids is 1. The van der Waals surface area contributed by atoms with Crippen molar-refractivity contribution in [3.8, 4) is 0 Å². The molecule has 1 heterocycles. The average molecular weight is 237 g/mol. The highest BCUT2D eigenvalue weighted by Crippen LogP contribution is 2.38. The van der Waals surface area contributed by atoms with Crippen molar-refractivity contribution in [1.82, 2.24) is 0 Å². The van der Waals surface area contributed by atoms with Gasteiger partial charge in [0.05, 0.1) is 10.9 Å². The summed E-state index contributed by atoms with van der Waals surface area (Å²) in [5, 5.41) is 10.5. The molecule has 1 aromatic heterocycles. The van der Waals surface area contributed by atoms with Crippen molar-refractivity contribution in [2.24, 2.45) is 5.92 Å². The first-order valence-corrected chi connectivity index (χ1v) is 5.46. The first-order valence-electron chi connectivity index (χ1n) is 5.08. The summed E-state index contributed by atoms with van der Waals surface area (Å²) >= 11 is 6.10. The molecule has 0 bridgehead atoms. The molecule has 0 amide bonds. The van der Waals surface area contributed by atoms with Gasteiger partial charge in [-0.15, -0.1) is 0 Å². The molecule has 2 aromatic rings. The lowest BCUT2D eigenvalue weighted by Crippen LogP contribution is -2.13. The summed E-state index contributed by atoms with van der Waals surface area (Å²) < 4.78 is 5.62. The molecular formula is C12H9ClO3. The van der Waals surface area contributed by atoms with Gasteiger partial charge >= 0.3 is 5.97 Å². The van der Waals surface area contributed by atoms with Crippen LogP contribution in [-0.4, -0.2) is 11.1 Å². The van der Waals surface area contributed by atoms with Crippen molar-refractivity contribution in [2.75, 3.05) is 0 Å². The molecule has 82 valence electrons. The van der Waals surface area contributed by atoms with Gasteiger partial charge in [-0.1, -0.05) is 17.7 Å². The number of benzene rings is 1. The molecule has 0 saturated heterocycles. The van der Waals surface area contributed by atoms with Crippen LogP contribution in [0.15, 0.2) is 22.6 Å². The normalized spacial score (nSPS) is 18.9. The molecule has 0 fully saturated rings. The zero-order chi connectivity index (χ0) is 11.3. The largest absolute Gasteiger partial charge is 0.481 e. The Morgan fingerprint density at radius 3 is 3.00 bits per heavy atom. The number of hydrogen-bond acceptors (Lipinski definition) is 2. The number of aliphatic carboxylic acids is 1. The van der Waals surface area contributed by atoms with Gasteiger partial charge in [0.2, 0.25) is 0 Å². The van der Waals surface area contributed by atoms with Crippen molar-refractivity contribution in [2.45, 2.75) is 12.8 Å². The Bertz CT molecular complexity index is 585. The summed E-state index contributed by atoms with van der Waals surface area (Å²) in [4.78, 5) is 10.9. The van der Waals surface area contributed by atoms with Crippen molar-refractivity contribution in [1.29, 1.82) is 0 Å². The minimum atomic E-state index is -0.772. The number of halogens is 1. The summed E-state index contributed by atoms with van der Waals surface area (Å²) in [6, 6.07) is 5.49. The van der Waals surface area contributed by atoms with E-state index in [0.717, 1.165) is 22.3 Å². The molecule has 0 saturated carbocycles. The lowest BCUT2D eigenvalue weighted by atomic mass is 10.1. The first-order chi connectivity index (χ1) is 7.66. The Morgan fingerprint density at radius 1 is 1.44 bits per heavy atom. The Labute approximate surface area is 96.6 Å². The van der Waals surface area contributed by atoms with Gasteiger partial charge in [-0.25, -0.2) is 0 Å². The minimum absolute atomic E-state index is 0.366. The Morgan fingerprint density at radius 2 is 2.25 bits per heavy atom. The van der Waals surface area contributed by atoms with Crippen molar-refractivity contribution >= 4 is 28.5 Å². The maximum atomic E-state index is 10.9. The van der Waals surface area contributed by atoms with Crippen LogP contribution in [0.3, 0.4) is 0 Å². The van der Waals surface area contributed by atoms with E-state index in [2.05, 4.69) is 0 Å². The molecule has 16 heavy (non-hydrogen) atoms. The smallest absolute Gasteiger partial charge is 0.307 e. The van der Waals surface area contributed by atoms with Crippen LogP contribution in [0.1, 0.15) is 11.3 Å². The summed E-state index contributed by atoms with van der Waals surface area (Å²) in [5.74, 6) is -0.364. The number of carbonyl (C=O) groups is 1. The van der Waals surface area contributed by atoms with Crippen LogP contribution < -0.4 is 0 Å². The van der Waals surface area contributed by atoms with Crippen LogP contribution in [0.4, 0.5) is 0 Å². The summed E-state index contributed by atoms with van der Waals surface area (Å²) in [6.45, 7) is 0. The minimum Gasteiger partial charge on any atom is -0.481 e. The highest BCUT2D eigenvalue weighted by molar-refractivity contribution is 6.35. The van der Waals surface area contributed by atoms with Crippen molar-refractivity contribution in [3.63, 3.8) is 0 Å². The van der Waals surface area contributed by atoms with Gasteiger partial charge in [-0.2, -0.15) is 0 Å². The monoisotopic (exact) mass is 236 g/mol. The molecule has 0 aliphatic heterocycles. The summed E-state index contributed by atoms with van der Waals surface area (Å²) in [6.07, 6.45) is 0.983. The zero-order valence-corrected chi connectivity index (χ0v) is 9.12. The summed E-state index contributed by atoms with van der Waals surface area (Å²) in [7, 11) is 0. The molecule has 3 nitrogen and oxygen atoms in total. The lowest BCUT2D eigenvalue weighted by molar-refractivity contribution is -0.141. The van der Waals surface area contributed by atoms with Crippen molar-refractivity contribution in [3.05, 3.63) is 34.5 Å². The highest BCUT2D eigenvalue weighted by Gasteiger charge is 2.32. The second kappa shape index (κ2) is 3.25. The predicted molar refractivity (Wildman–Crippen MR) is 59.8 cm³/mol. The van der Waals surface area contributed by atoms with Crippen LogP contribution in [0.25, 0.3) is 11.0 Å². The fraction of sp³-hybridized carbons (Fsp3) is 0.250. The standard InChI is InChI=1S/C12H9ClO3/c13-8-2-1-3-9-11(8)7-4-6(12(14)15)5-10(7)16-9/h1-3,6H,4-5H2,(H,14,15). The van der Waals surface area contributed by atoms with E-state index in [1.54, 1.807) is 6.07 Å². The molecule has 1 atom stereocenters.